The van der Waals surface area contributed by atoms with E-state index in [0.29, 0.717) is 0 Å². The maximum Gasteiger partial charge on any atom is 0.126 e. The van der Waals surface area contributed by atoms with Crippen molar-refractivity contribution in [3.63, 3.8) is 0 Å². The molecule has 0 amide bonds. The van der Waals surface area contributed by atoms with Crippen molar-refractivity contribution in [2.75, 3.05) is 0 Å². The van der Waals surface area contributed by atoms with Crippen LogP contribution >= 0.6 is 0 Å². The fourth-order valence-electron chi connectivity index (χ4n) is 1.12. The maximum absolute atomic E-state index is 13.0. The monoisotopic (exact) mass is 182 g/mol. The van der Waals surface area contributed by atoms with Gasteiger partial charge in [0.25, 0.3) is 0 Å². The van der Waals surface area contributed by atoms with E-state index in [4.69, 9.17) is 0 Å². The largest absolute Gasteiger partial charge is 0.207 e. The molecule has 0 heterocycles. The van der Waals surface area contributed by atoms with E-state index in [1.165, 1.54) is 0 Å². The molecule has 0 unspecified atom stereocenters. The summed E-state index contributed by atoms with van der Waals surface area (Å²) in [5.74, 6) is -0.0631. The van der Waals surface area contributed by atoms with E-state index in [0.717, 1.165) is 24.0 Å². The highest BCUT2D eigenvalue weighted by atomic mass is 19.1. The minimum absolute atomic E-state index is 0.0631. The second kappa shape index (κ2) is 6.64. The summed E-state index contributed by atoms with van der Waals surface area (Å²) in [5.41, 5.74) is 1.82. The highest BCUT2D eigenvalue weighted by Crippen LogP contribution is 2.11. The third-order valence-electron chi connectivity index (χ3n) is 1.73. The topological polar surface area (TPSA) is 0 Å². The molecular formula is C12H19F. The number of hydrogen-bond donors (Lipinski definition) is 0. The van der Waals surface area contributed by atoms with E-state index in [-0.39, 0.29) is 5.82 Å². The fraction of sp³-hybridized carbons (Fsp3) is 0.500. The Kier molecular flexibility index (Phi) is 6.21. The summed E-state index contributed by atoms with van der Waals surface area (Å²) in [4.78, 5) is 0. The molecule has 74 valence electrons. The number of hydrogen-bond acceptors (Lipinski definition) is 0. The molecule has 1 heteroatoms. The lowest BCUT2D eigenvalue weighted by Crippen LogP contribution is -1.89. The van der Waals surface area contributed by atoms with Gasteiger partial charge < -0.3 is 0 Å². The third-order valence-corrected chi connectivity index (χ3v) is 1.73. The summed E-state index contributed by atoms with van der Waals surface area (Å²) >= 11 is 0. The Morgan fingerprint density at radius 3 is 2.31 bits per heavy atom. The zero-order valence-electron chi connectivity index (χ0n) is 9.02. The quantitative estimate of drug-likeness (QED) is 0.645. The van der Waals surface area contributed by atoms with E-state index >= 15 is 0 Å². The van der Waals surface area contributed by atoms with Crippen LogP contribution in [-0.4, -0.2) is 0 Å². The van der Waals surface area contributed by atoms with Crippen LogP contribution in [0.15, 0.2) is 18.2 Å². The molecule has 0 saturated heterocycles. The van der Waals surface area contributed by atoms with Crippen molar-refractivity contribution in [3.8, 4) is 0 Å². The number of aryl methyl sites for hydroxylation is 2. The lowest BCUT2D eigenvalue weighted by Gasteiger charge is -2.00. The molecule has 0 fully saturated rings. The van der Waals surface area contributed by atoms with Crippen molar-refractivity contribution in [3.05, 3.63) is 35.1 Å². The molecule has 1 rings (SSSR count). The summed E-state index contributed by atoms with van der Waals surface area (Å²) in [7, 11) is 0. The Balaban J connectivity index is 0.000000671. The zero-order valence-corrected chi connectivity index (χ0v) is 9.02. The second-order valence-electron chi connectivity index (χ2n) is 2.84. The predicted octanol–water partition coefficient (Wildman–Crippen LogP) is 4.11. The van der Waals surface area contributed by atoms with Crippen LogP contribution < -0.4 is 0 Å². The molecular weight excluding hydrogens is 163 g/mol. The van der Waals surface area contributed by atoms with E-state index < -0.39 is 0 Å². The molecule has 0 aromatic heterocycles. The summed E-state index contributed by atoms with van der Waals surface area (Å²) in [6.07, 6.45) is 1.84. The van der Waals surface area contributed by atoms with Gasteiger partial charge in [-0.25, -0.2) is 4.39 Å². The van der Waals surface area contributed by atoms with Crippen LogP contribution in [0.4, 0.5) is 4.39 Å². The van der Waals surface area contributed by atoms with Gasteiger partial charge in [0.2, 0.25) is 0 Å². The first kappa shape index (κ1) is 12.2. The average molecular weight is 182 g/mol. The molecule has 0 atom stereocenters. The molecule has 0 saturated carbocycles. The van der Waals surface area contributed by atoms with Crippen molar-refractivity contribution in [1.29, 1.82) is 0 Å². The van der Waals surface area contributed by atoms with Gasteiger partial charge in [0.05, 0.1) is 0 Å². The zero-order chi connectivity index (χ0) is 10.3. The molecule has 1 aromatic carbocycles. The van der Waals surface area contributed by atoms with Crippen LogP contribution in [0.1, 0.15) is 38.3 Å². The van der Waals surface area contributed by atoms with Crippen molar-refractivity contribution in [2.24, 2.45) is 0 Å². The SMILES string of the molecule is CC.CCCc1ccc(C)cc1F. The van der Waals surface area contributed by atoms with Gasteiger partial charge in [0.15, 0.2) is 0 Å². The summed E-state index contributed by atoms with van der Waals surface area (Å²) in [6, 6.07) is 5.41. The van der Waals surface area contributed by atoms with Gasteiger partial charge >= 0.3 is 0 Å². The predicted molar refractivity (Wildman–Crippen MR) is 56.5 cm³/mol. The lowest BCUT2D eigenvalue weighted by molar-refractivity contribution is 0.606. The van der Waals surface area contributed by atoms with Gasteiger partial charge in [0, 0.05) is 0 Å². The van der Waals surface area contributed by atoms with Crippen molar-refractivity contribution >= 4 is 0 Å². The average Bonchev–Trinajstić information content (AvgIpc) is 2.14. The van der Waals surface area contributed by atoms with Gasteiger partial charge in [-0.05, 0) is 30.5 Å². The van der Waals surface area contributed by atoms with Crippen LogP contribution in [0, 0.1) is 12.7 Å². The van der Waals surface area contributed by atoms with Gasteiger partial charge in [0.1, 0.15) is 5.82 Å². The summed E-state index contributed by atoms with van der Waals surface area (Å²) in [6.45, 7) is 7.96. The first-order chi connectivity index (χ1) is 6.24. The van der Waals surface area contributed by atoms with E-state index in [1.807, 2.05) is 32.9 Å². The molecule has 0 aliphatic rings. The fourth-order valence-corrected chi connectivity index (χ4v) is 1.12. The van der Waals surface area contributed by atoms with Gasteiger partial charge in [-0.1, -0.05) is 39.3 Å². The van der Waals surface area contributed by atoms with E-state index in [1.54, 1.807) is 6.07 Å². The minimum Gasteiger partial charge on any atom is -0.207 e. The lowest BCUT2D eigenvalue weighted by atomic mass is 10.1. The molecule has 0 aliphatic carbocycles. The van der Waals surface area contributed by atoms with E-state index in [9.17, 15) is 4.39 Å². The first-order valence-corrected chi connectivity index (χ1v) is 4.99. The minimum atomic E-state index is -0.0631. The van der Waals surface area contributed by atoms with Crippen molar-refractivity contribution in [1.82, 2.24) is 0 Å². The van der Waals surface area contributed by atoms with Crippen LogP contribution in [-0.2, 0) is 6.42 Å². The van der Waals surface area contributed by atoms with Gasteiger partial charge in [-0.2, -0.15) is 0 Å². The standard InChI is InChI=1S/C10H13F.C2H6/c1-3-4-9-6-5-8(2)7-10(9)11;1-2/h5-7H,3-4H2,1-2H3;1-2H3. The smallest absolute Gasteiger partial charge is 0.126 e. The van der Waals surface area contributed by atoms with E-state index in [2.05, 4.69) is 6.92 Å². The van der Waals surface area contributed by atoms with Crippen LogP contribution in [0.2, 0.25) is 0 Å². The van der Waals surface area contributed by atoms with Gasteiger partial charge in [-0.15, -0.1) is 0 Å². The number of halogens is 1. The number of benzene rings is 1. The Morgan fingerprint density at radius 2 is 1.85 bits per heavy atom. The molecule has 0 aliphatic heterocycles. The third kappa shape index (κ3) is 4.07. The van der Waals surface area contributed by atoms with Crippen molar-refractivity contribution in [2.45, 2.75) is 40.5 Å². The Morgan fingerprint density at radius 1 is 1.23 bits per heavy atom. The summed E-state index contributed by atoms with van der Waals surface area (Å²) in [5, 5.41) is 0. The summed E-state index contributed by atoms with van der Waals surface area (Å²) < 4.78 is 13.0. The molecule has 0 bridgehead atoms. The molecule has 13 heavy (non-hydrogen) atoms. The maximum atomic E-state index is 13.0. The molecule has 1 aromatic rings. The number of rotatable bonds is 2. The highest BCUT2D eigenvalue weighted by molar-refractivity contribution is 5.23. The Hall–Kier alpha value is -0.850. The molecule has 0 spiro atoms. The molecule has 0 radical (unpaired) electrons. The normalized spacial score (nSPS) is 9.00. The van der Waals surface area contributed by atoms with Crippen LogP contribution in [0.25, 0.3) is 0 Å². The molecule has 0 N–H and O–H groups in total. The first-order valence-electron chi connectivity index (χ1n) is 4.99. The van der Waals surface area contributed by atoms with Crippen LogP contribution in [0.3, 0.4) is 0 Å². The van der Waals surface area contributed by atoms with Crippen LogP contribution in [0.5, 0.6) is 0 Å². The second-order valence-corrected chi connectivity index (χ2v) is 2.84. The van der Waals surface area contributed by atoms with Gasteiger partial charge in [-0.3, -0.25) is 0 Å². The Labute approximate surface area is 80.8 Å². The molecule has 0 nitrogen and oxygen atoms in total. The van der Waals surface area contributed by atoms with Crippen molar-refractivity contribution < 1.29 is 4.39 Å². The highest BCUT2D eigenvalue weighted by Gasteiger charge is 1.99. The Bertz CT molecular complexity index is 241.